The number of hydrogen-bond donors (Lipinski definition) is 1. The van der Waals surface area contributed by atoms with Crippen LogP contribution in [0, 0.1) is 5.92 Å². The number of rotatable bonds is 7. The highest BCUT2D eigenvalue weighted by atomic mass is 35.5. The molecule has 0 spiro atoms. The van der Waals surface area contributed by atoms with Gasteiger partial charge in [-0.25, -0.2) is 0 Å². The Bertz CT molecular complexity index is 827. The number of halogens is 1. The highest BCUT2D eigenvalue weighted by Crippen LogP contribution is 2.28. The van der Waals surface area contributed by atoms with E-state index in [0.717, 1.165) is 64.5 Å². The number of piperidine rings is 1. The number of hydrogen-bond acceptors (Lipinski definition) is 5. The van der Waals surface area contributed by atoms with Crippen molar-refractivity contribution in [2.75, 3.05) is 44.7 Å². The van der Waals surface area contributed by atoms with E-state index in [1.807, 2.05) is 24.5 Å². The largest absolute Gasteiger partial charge is 0.379 e. The van der Waals surface area contributed by atoms with Crippen LogP contribution in [0.15, 0.2) is 48.8 Å². The van der Waals surface area contributed by atoms with Gasteiger partial charge in [0.1, 0.15) is 0 Å². The zero-order valence-corrected chi connectivity index (χ0v) is 18.6. The lowest BCUT2D eigenvalue weighted by molar-refractivity contribution is -0.116. The second kappa shape index (κ2) is 11.0. The smallest absolute Gasteiger partial charge is 0.224 e. The molecule has 31 heavy (non-hydrogen) atoms. The van der Waals surface area contributed by atoms with E-state index in [9.17, 15) is 4.79 Å². The molecule has 166 valence electrons. The van der Waals surface area contributed by atoms with Crippen molar-refractivity contribution in [3.05, 3.63) is 59.4 Å². The number of benzene rings is 1. The summed E-state index contributed by atoms with van der Waals surface area (Å²) in [7, 11) is 0. The van der Waals surface area contributed by atoms with E-state index in [0.29, 0.717) is 23.4 Å². The van der Waals surface area contributed by atoms with Crippen molar-refractivity contribution >= 4 is 23.2 Å². The first-order chi connectivity index (χ1) is 15.2. The van der Waals surface area contributed by atoms with E-state index in [1.54, 1.807) is 12.1 Å². The van der Waals surface area contributed by atoms with Crippen LogP contribution in [0.4, 0.5) is 5.69 Å². The molecule has 1 amide bonds. The van der Waals surface area contributed by atoms with Crippen LogP contribution in [0.25, 0.3) is 0 Å². The van der Waals surface area contributed by atoms with Gasteiger partial charge in [-0.3, -0.25) is 19.6 Å². The van der Waals surface area contributed by atoms with Gasteiger partial charge >= 0.3 is 0 Å². The molecule has 1 N–H and O–H groups in total. The second-order valence-electron chi connectivity index (χ2n) is 8.45. The van der Waals surface area contributed by atoms with Gasteiger partial charge in [0, 0.05) is 61.7 Å². The van der Waals surface area contributed by atoms with E-state index in [1.165, 1.54) is 5.56 Å². The molecule has 7 heteroatoms. The number of ether oxygens (including phenoxy) is 1. The quantitative estimate of drug-likeness (QED) is 0.708. The maximum absolute atomic E-state index is 12.6. The fraction of sp³-hybridized carbons (Fsp3) is 0.500. The number of carbonyl (C=O) groups excluding carboxylic acids is 1. The van der Waals surface area contributed by atoms with E-state index in [4.69, 9.17) is 16.3 Å². The molecule has 2 aliphatic rings. The van der Waals surface area contributed by atoms with E-state index in [2.05, 4.69) is 32.2 Å². The van der Waals surface area contributed by atoms with Gasteiger partial charge in [0.25, 0.3) is 0 Å². The van der Waals surface area contributed by atoms with Gasteiger partial charge in [0.05, 0.1) is 13.2 Å². The first-order valence-corrected chi connectivity index (χ1v) is 11.5. The zero-order valence-electron chi connectivity index (χ0n) is 17.9. The molecular weight excluding hydrogens is 412 g/mol. The van der Waals surface area contributed by atoms with Crippen LogP contribution in [0.2, 0.25) is 5.02 Å². The third-order valence-electron chi connectivity index (χ3n) is 6.32. The summed E-state index contributed by atoms with van der Waals surface area (Å²) in [5.41, 5.74) is 2.08. The number of aromatic nitrogens is 1. The average molecular weight is 443 g/mol. The van der Waals surface area contributed by atoms with Crippen molar-refractivity contribution in [1.82, 2.24) is 14.8 Å². The molecule has 2 atom stereocenters. The first-order valence-electron chi connectivity index (χ1n) is 11.2. The molecule has 0 aliphatic carbocycles. The summed E-state index contributed by atoms with van der Waals surface area (Å²) in [5.74, 6) is 0.527. The zero-order chi connectivity index (χ0) is 21.5. The molecule has 0 unspecified atom stereocenters. The minimum Gasteiger partial charge on any atom is -0.379 e. The molecule has 6 nitrogen and oxygen atoms in total. The van der Waals surface area contributed by atoms with Crippen LogP contribution in [-0.2, 0) is 16.1 Å². The molecule has 2 fully saturated rings. The Morgan fingerprint density at radius 3 is 2.58 bits per heavy atom. The molecule has 2 saturated heterocycles. The lowest BCUT2D eigenvalue weighted by Gasteiger charge is -2.45. The van der Waals surface area contributed by atoms with Crippen molar-refractivity contribution in [2.45, 2.75) is 31.8 Å². The Morgan fingerprint density at radius 1 is 1.10 bits per heavy atom. The summed E-state index contributed by atoms with van der Waals surface area (Å²) in [5, 5.41) is 3.67. The Kier molecular flexibility index (Phi) is 7.92. The summed E-state index contributed by atoms with van der Waals surface area (Å²) in [6.45, 7) is 6.62. The Balaban J connectivity index is 1.36. The minimum atomic E-state index is 0.0642. The van der Waals surface area contributed by atoms with Gasteiger partial charge in [-0.05, 0) is 67.3 Å². The number of carbonyl (C=O) groups is 1. The molecule has 3 heterocycles. The van der Waals surface area contributed by atoms with Gasteiger partial charge in [0.15, 0.2) is 0 Å². The van der Waals surface area contributed by atoms with Crippen LogP contribution in [0.3, 0.4) is 0 Å². The van der Waals surface area contributed by atoms with Crippen LogP contribution < -0.4 is 5.32 Å². The fourth-order valence-electron chi connectivity index (χ4n) is 4.73. The monoisotopic (exact) mass is 442 g/mol. The van der Waals surface area contributed by atoms with Crippen molar-refractivity contribution in [2.24, 2.45) is 5.92 Å². The lowest BCUT2D eigenvalue weighted by Crippen LogP contribution is -2.53. The van der Waals surface area contributed by atoms with Crippen molar-refractivity contribution in [3.8, 4) is 0 Å². The van der Waals surface area contributed by atoms with Crippen LogP contribution in [0.1, 0.15) is 24.8 Å². The topological polar surface area (TPSA) is 57.7 Å². The standard InChI is InChI=1S/C24H31ClN4O2/c25-21-2-4-22(5-3-21)27-24(30)6-1-20-18-28(17-19-7-10-26-11-8-19)12-9-23(20)29-13-15-31-16-14-29/h2-5,7-8,10-11,20,23H,1,6,9,12-18H2,(H,27,30)/t20-,23+/m0/s1. The second-order valence-corrected chi connectivity index (χ2v) is 8.89. The SMILES string of the molecule is O=C(CC[C@H]1CN(Cc2ccncc2)CC[C@H]1N1CCOCC1)Nc1ccc(Cl)cc1. The molecule has 4 rings (SSSR count). The molecule has 1 aromatic carbocycles. The summed E-state index contributed by atoms with van der Waals surface area (Å²) in [4.78, 5) is 21.8. The minimum absolute atomic E-state index is 0.0642. The van der Waals surface area contributed by atoms with Gasteiger partial charge in [-0.15, -0.1) is 0 Å². The summed E-state index contributed by atoms with van der Waals surface area (Å²) in [6, 6.07) is 12.0. The predicted octanol–water partition coefficient (Wildman–Crippen LogP) is 3.68. The van der Waals surface area contributed by atoms with Gasteiger partial charge in [-0.1, -0.05) is 11.6 Å². The summed E-state index contributed by atoms with van der Waals surface area (Å²) in [6.07, 6.45) is 6.25. The van der Waals surface area contributed by atoms with Crippen molar-refractivity contribution < 1.29 is 9.53 Å². The Hall–Kier alpha value is -1.99. The Morgan fingerprint density at radius 2 is 1.84 bits per heavy atom. The van der Waals surface area contributed by atoms with E-state index >= 15 is 0 Å². The number of nitrogens with one attached hydrogen (secondary N) is 1. The van der Waals surface area contributed by atoms with Crippen LogP contribution >= 0.6 is 11.6 Å². The summed E-state index contributed by atoms with van der Waals surface area (Å²) >= 11 is 5.94. The molecule has 1 aromatic heterocycles. The van der Waals surface area contributed by atoms with Crippen molar-refractivity contribution in [3.63, 3.8) is 0 Å². The number of morpholine rings is 1. The van der Waals surface area contributed by atoms with Gasteiger partial charge < -0.3 is 10.1 Å². The maximum atomic E-state index is 12.6. The molecule has 2 aliphatic heterocycles. The average Bonchev–Trinajstić information content (AvgIpc) is 2.81. The number of amides is 1. The highest BCUT2D eigenvalue weighted by Gasteiger charge is 2.34. The molecule has 0 saturated carbocycles. The first kappa shape index (κ1) is 22.2. The number of likely N-dealkylation sites (tertiary alicyclic amines) is 1. The molecular formula is C24H31ClN4O2. The van der Waals surface area contributed by atoms with Gasteiger partial charge in [0.2, 0.25) is 5.91 Å². The fourth-order valence-corrected chi connectivity index (χ4v) is 4.86. The number of nitrogens with zero attached hydrogens (tertiary/aromatic N) is 3. The van der Waals surface area contributed by atoms with Gasteiger partial charge in [-0.2, -0.15) is 0 Å². The molecule has 0 radical (unpaired) electrons. The van der Waals surface area contributed by atoms with Crippen LogP contribution in [0.5, 0.6) is 0 Å². The third-order valence-corrected chi connectivity index (χ3v) is 6.57. The highest BCUT2D eigenvalue weighted by molar-refractivity contribution is 6.30. The molecule has 0 bridgehead atoms. The Labute approximate surface area is 189 Å². The van der Waals surface area contributed by atoms with E-state index < -0.39 is 0 Å². The predicted molar refractivity (Wildman–Crippen MR) is 123 cm³/mol. The molecule has 2 aromatic rings. The van der Waals surface area contributed by atoms with Crippen molar-refractivity contribution in [1.29, 1.82) is 0 Å². The number of pyridine rings is 1. The van der Waals surface area contributed by atoms with E-state index in [-0.39, 0.29) is 5.91 Å². The lowest BCUT2D eigenvalue weighted by atomic mass is 9.86. The van der Waals surface area contributed by atoms with Crippen LogP contribution in [-0.4, -0.2) is 66.1 Å². The number of anilines is 1. The third kappa shape index (κ3) is 6.50. The summed E-state index contributed by atoms with van der Waals surface area (Å²) < 4.78 is 5.57. The maximum Gasteiger partial charge on any atom is 0.224 e. The normalized spacial score (nSPS) is 22.9.